The van der Waals surface area contributed by atoms with Crippen molar-refractivity contribution in [3.63, 3.8) is 0 Å². The molecule has 1 aromatic heterocycles. The second-order valence-corrected chi connectivity index (χ2v) is 6.89. The number of nitrogens with zero attached hydrogens (tertiary/aromatic N) is 3. The van der Waals surface area contributed by atoms with Gasteiger partial charge < -0.3 is 10.4 Å². The number of carboxylic acid groups (broad SMARTS) is 1. The van der Waals surface area contributed by atoms with E-state index in [0.717, 1.165) is 12.1 Å². The third-order valence-electron chi connectivity index (χ3n) is 4.21. The SMILES string of the molecule is Cc1cc(N2CCCC(NC(=O)CC(C)(C)C(=O)O)C2=O)n(C)n1. The van der Waals surface area contributed by atoms with Gasteiger partial charge in [0.05, 0.1) is 11.1 Å². The van der Waals surface area contributed by atoms with E-state index in [1.807, 2.05) is 13.0 Å². The highest BCUT2D eigenvalue weighted by Crippen LogP contribution is 2.23. The zero-order valence-corrected chi connectivity index (χ0v) is 14.5. The van der Waals surface area contributed by atoms with E-state index < -0.39 is 23.3 Å². The molecule has 0 aromatic carbocycles. The summed E-state index contributed by atoms with van der Waals surface area (Å²) in [7, 11) is 1.77. The molecule has 1 fully saturated rings. The molecule has 8 heteroatoms. The van der Waals surface area contributed by atoms with Gasteiger partial charge in [-0.3, -0.25) is 24.0 Å². The van der Waals surface area contributed by atoms with Crippen molar-refractivity contribution in [2.75, 3.05) is 11.4 Å². The lowest BCUT2D eigenvalue weighted by Gasteiger charge is -2.32. The third kappa shape index (κ3) is 3.74. The number of hydrogen-bond donors (Lipinski definition) is 2. The standard InChI is InChI=1S/C16H24N4O4/c1-10-8-13(19(4)18-10)20-7-5-6-11(14(20)22)17-12(21)9-16(2,3)15(23)24/h8,11H,5-7,9H2,1-4H3,(H,17,21)(H,23,24). The fraction of sp³-hybridized carbons (Fsp3) is 0.625. The molecule has 2 heterocycles. The van der Waals surface area contributed by atoms with Gasteiger partial charge in [-0.05, 0) is 33.6 Å². The highest BCUT2D eigenvalue weighted by molar-refractivity contribution is 5.99. The Labute approximate surface area is 140 Å². The van der Waals surface area contributed by atoms with Crippen molar-refractivity contribution in [2.24, 2.45) is 12.5 Å². The maximum absolute atomic E-state index is 12.7. The first-order chi connectivity index (χ1) is 11.1. The molecule has 24 heavy (non-hydrogen) atoms. The van der Waals surface area contributed by atoms with Gasteiger partial charge in [-0.15, -0.1) is 0 Å². The number of nitrogens with one attached hydrogen (secondary N) is 1. The zero-order valence-electron chi connectivity index (χ0n) is 14.5. The molecule has 2 amide bonds. The smallest absolute Gasteiger partial charge is 0.309 e. The van der Waals surface area contributed by atoms with Gasteiger partial charge in [0.15, 0.2) is 0 Å². The topological polar surface area (TPSA) is 105 Å². The molecule has 2 N–H and O–H groups in total. The summed E-state index contributed by atoms with van der Waals surface area (Å²) in [4.78, 5) is 37.6. The van der Waals surface area contributed by atoms with E-state index in [1.165, 1.54) is 13.8 Å². The molecule has 0 radical (unpaired) electrons. The lowest BCUT2D eigenvalue weighted by Crippen LogP contribution is -2.53. The summed E-state index contributed by atoms with van der Waals surface area (Å²) in [6.45, 7) is 5.40. The van der Waals surface area contributed by atoms with Crippen LogP contribution in [-0.4, -0.2) is 45.3 Å². The average molecular weight is 336 g/mol. The number of carbonyl (C=O) groups excluding carboxylic acids is 2. The van der Waals surface area contributed by atoms with E-state index in [9.17, 15) is 14.4 Å². The molecular weight excluding hydrogens is 312 g/mol. The van der Waals surface area contributed by atoms with Crippen LogP contribution in [0, 0.1) is 12.3 Å². The number of piperidine rings is 1. The summed E-state index contributed by atoms with van der Waals surface area (Å²) in [6.07, 6.45) is 1.13. The van der Waals surface area contributed by atoms with Crippen LogP contribution in [0.2, 0.25) is 0 Å². The molecule has 1 unspecified atom stereocenters. The highest BCUT2D eigenvalue weighted by atomic mass is 16.4. The number of aryl methyl sites for hydroxylation is 2. The van der Waals surface area contributed by atoms with Crippen LogP contribution in [0.5, 0.6) is 0 Å². The van der Waals surface area contributed by atoms with Gasteiger partial charge in [-0.1, -0.05) is 0 Å². The van der Waals surface area contributed by atoms with Crippen molar-refractivity contribution >= 4 is 23.6 Å². The molecule has 0 saturated carbocycles. The molecule has 1 aromatic rings. The number of aliphatic carboxylic acids is 1. The lowest BCUT2D eigenvalue weighted by atomic mass is 9.89. The molecule has 1 atom stereocenters. The van der Waals surface area contributed by atoms with Crippen molar-refractivity contribution in [3.05, 3.63) is 11.8 Å². The molecule has 1 aliphatic heterocycles. The van der Waals surface area contributed by atoms with Crippen LogP contribution in [0.1, 0.15) is 38.8 Å². The maximum atomic E-state index is 12.7. The fourth-order valence-electron chi connectivity index (χ4n) is 2.81. The first-order valence-corrected chi connectivity index (χ1v) is 7.96. The molecule has 0 spiro atoms. The predicted molar refractivity (Wildman–Crippen MR) is 87.5 cm³/mol. The summed E-state index contributed by atoms with van der Waals surface area (Å²) < 4.78 is 1.64. The van der Waals surface area contributed by atoms with Gasteiger partial charge in [0.2, 0.25) is 5.91 Å². The maximum Gasteiger partial charge on any atom is 0.309 e. The molecule has 8 nitrogen and oxygen atoms in total. The van der Waals surface area contributed by atoms with Crippen LogP contribution < -0.4 is 10.2 Å². The summed E-state index contributed by atoms with van der Waals surface area (Å²) in [5, 5.41) is 16.0. The number of hydrogen-bond acceptors (Lipinski definition) is 4. The number of amides is 2. The monoisotopic (exact) mass is 336 g/mol. The second-order valence-electron chi connectivity index (χ2n) is 6.89. The first-order valence-electron chi connectivity index (χ1n) is 7.96. The quantitative estimate of drug-likeness (QED) is 0.829. The van der Waals surface area contributed by atoms with E-state index in [0.29, 0.717) is 18.8 Å². The van der Waals surface area contributed by atoms with E-state index in [-0.39, 0.29) is 12.3 Å². The minimum absolute atomic E-state index is 0.170. The first kappa shape index (κ1) is 18.0. The van der Waals surface area contributed by atoms with E-state index in [4.69, 9.17) is 5.11 Å². The van der Waals surface area contributed by atoms with Gasteiger partial charge in [0.1, 0.15) is 11.9 Å². The number of aromatic nitrogens is 2. The minimum atomic E-state index is -1.17. The number of rotatable bonds is 5. The van der Waals surface area contributed by atoms with Crippen molar-refractivity contribution in [1.29, 1.82) is 0 Å². The molecule has 1 saturated heterocycles. The van der Waals surface area contributed by atoms with E-state index >= 15 is 0 Å². The van der Waals surface area contributed by atoms with Crippen LogP contribution >= 0.6 is 0 Å². The Kier molecular flexibility index (Phi) is 4.96. The minimum Gasteiger partial charge on any atom is -0.481 e. The van der Waals surface area contributed by atoms with Crippen molar-refractivity contribution in [3.8, 4) is 0 Å². The normalized spacial score (nSPS) is 18.6. The molecule has 0 bridgehead atoms. The van der Waals surface area contributed by atoms with Crippen LogP contribution in [0.15, 0.2) is 6.07 Å². The van der Waals surface area contributed by atoms with Crippen molar-refractivity contribution < 1.29 is 19.5 Å². The Hall–Kier alpha value is -2.38. The summed E-state index contributed by atoms with van der Waals surface area (Å²) in [5.74, 6) is -0.962. The number of anilines is 1. The highest BCUT2D eigenvalue weighted by Gasteiger charge is 2.35. The van der Waals surface area contributed by atoms with Crippen LogP contribution in [-0.2, 0) is 21.4 Å². The zero-order chi connectivity index (χ0) is 18.1. The molecule has 0 aliphatic carbocycles. The molecule has 1 aliphatic rings. The van der Waals surface area contributed by atoms with Gasteiger partial charge >= 0.3 is 5.97 Å². The summed E-state index contributed by atoms with van der Waals surface area (Å²) >= 11 is 0. The van der Waals surface area contributed by atoms with Gasteiger partial charge in [0, 0.05) is 26.1 Å². The van der Waals surface area contributed by atoms with E-state index in [2.05, 4.69) is 10.4 Å². The fourth-order valence-corrected chi connectivity index (χ4v) is 2.81. The Bertz CT molecular complexity index is 665. The summed E-state index contributed by atoms with van der Waals surface area (Å²) in [5.41, 5.74) is -0.352. The third-order valence-corrected chi connectivity index (χ3v) is 4.21. The van der Waals surface area contributed by atoms with Crippen molar-refractivity contribution in [1.82, 2.24) is 15.1 Å². The Morgan fingerprint density at radius 1 is 1.46 bits per heavy atom. The average Bonchev–Trinajstić information content (AvgIpc) is 2.79. The van der Waals surface area contributed by atoms with Crippen LogP contribution in [0.25, 0.3) is 0 Å². The predicted octanol–water partition coefficient (Wildman–Crippen LogP) is 0.841. The van der Waals surface area contributed by atoms with E-state index in [1.54, 1.807) is 16.6 Å². The number of carboxylic acids is 1. The van der Waals surface area contributed by atoms with Gasteiger partial charge in [-0.25, -0.2) is 0 Å². The van der Waals surface area contributed by atoms with Crippen molar-refractivity contribution in [2.45, 2.75) is 46.1 Å². The Balaban J connectivity index is 2.06. The van der Waals surface area contributed by atoms with Gasteiger partial charge in [0.25, 0.3) is 5.91 Å². The lowest BCUT2D eigenvalue weighted by molar-refractivity contribution is -0.149. The largest absolute Gasteiger partial charge is 0.481 e. The second kappa shape index (κ2) is 6.62. The molecular formula is C16H24N4O4. The summed E-state index contributed by atoms with van der Waals surface area (Å²) in [6, 6.07) is 1.20. The van der Waals surface area contributed by atoms with Crippen LogP contribution in [0.4, 0.5) is 5.82 Å². The number of carbonyl (C=O) groups is 3. The van der Waals surface area contributed by atoms with Crippen LogP contribution in [0.3, 0.4) is 0 Å². The Morgan fingerprint density at radius 3 is 2.67 bits per heavy atom. The Morgan fingerprint density at radius 2 is 2.12 bits per heavy atom. The molecule has 132 valence electrons. The van der Waals surface area contributed by atoms with Gasteiger partial charge in [-0.2, -0.15) is 5.10 Å². The molecule has 2 rings (SSSR count).